The maximum Gasteiger partial charge on any atom is 0.306 e. The smallest absolute Gasteiger partial charge is 0.306 e. The van der Waals surface area contributed by atoms with E-state index in [0.29, 0.717) is 13.0 Å². The van der Waals surface area contributed by atoms with E-state index in [0.717, 1.165) is 25.2 Å². The Morgan fingerprint density at radius 3 is 1.69 bits per heavy atom. The SMILES string of the molecule is CCCCCC/C=C\COC(=O)CCCCCCCCC(CC)CCCCCCCCC. The van der Waals surface area contributed by atoms with Gasteiger partial charge in [0, 0.05) is 6.42 Å². The highest BCUT2D eigenvalue weighted by Gasteiger charge is 2.06. The van der Waals surface area contributed by atoms with Crippen molar-refractivity contribution in [1.82, 2.24) is 0 Å². The Kier molecular flexibility index (Phi) is 25.8. The molecule has 0 radical (unpaired) electrons. The molecular weight excluding hydrogens is 392 g/mol. The van der Waals surface area contributed by atoms with Gasteiger partial charge in [0.15, 0.2) is 0 Å². The van der Waals surface area contributed by atoms with Crippen LogP contribution in [0.25, 0.3) is 0 Å². The summed E-state index contributed by atoms with van der Waals surface area (Å²) in [5, 5.41) is 0. The van der Waals surface area contributed by atoms with E-state index in [4.69, 9.17) is 4.74 Å². The second-order valence-electron chi connectivity index (χ2n) is 9.85. The molecule has 0 aromatic rings. The molecule has 0 saturated heterocycles. The molecular formula is C30H58O2. The van der Waals surface area contributed by atoms with Gasteiger partial charge in [-0.3, -0.25) is 4.79 Å². The van der Waals surface area contributed by atoms with Crippen LogP contribution in [-0.2, 0) is 9.53 Å². The highest BCUT2D eigenvalue weighted by molar-refractivity contribution is 5.69. The van der Waals surface area contributed by atoms with E-state index in [9.17, 15) is 4.79 Å². The van der Waals surface area contributed by atoms with E-state index in [2.05, 4.69) is 26.8 Å². The molecule has 0 aliphatic heterocycles. The number of allylic oxidation sites excluding steroid dienone is 1. The normalized spacial score (nSPS) is 12.5. The highest BCUT2D eigenvalue weighted by Crippen LogP contribution is 2.21. The number of carbonyl (C=O) groups excluding carboxylic acids is 1. The zero-order valence-corrected chi connectivity index (χ0v) is 22.3. The van der Waals surface area contributed by atoms with Gasteiger partial charge >= 0.3 is 5.97 Å². The number of ether oxygens (including phenoxy) is 1. The van der Waals surface area contributed by atoms with E-state index in [1.54, 1.807) is 0 Å². The summed E-state index contributed by atoms with van der Waals surface area (Å²) in [4.78, 5) is 11.8. The molecule has 0 saturated carbocycles. The lowest BCUT2D eigenvalue weighted by Crippen LogP contribution is -2.04. The molecule has 0 bridgehead atoms. The zero-order chi connectivity index (χ0) is 23.5. The second kappa shape index (κ2) is 26.5. The molecule has 0 aromatic heterocycles. The van der Waals surface area contributed by atoms with Crippen LogP contribution in [-0.4, -0.2) is 12.6 Å². The van der Waals surface area contributed by atoms with Crippen molar-refractivity contribution in [3.63, 3.8) is 0 Å². The van der Waals surface area contributed by atoms with Gasteiger partial charge in [0.05, 0.1) is 0 Å². The minimum absolute atomic E-state index is 0.0308. The molecule has 190 valence electrons. The van der Waals surface area contributed by atoms with Crippen LogP contribution in [0.1, 0.15) is 162 Å². The van der Waals surface area contributed by atoms with E-state index >= 15 is 0 Å². The van der Waals surface area contributed by atoms with Crippen molar-refractivity contribution in [1.29, 1.82) is 0 Å². The Balaban J connectivity index is 3.41. The maximum absolute atomic E-state index is 11.8. The van der Waals surface area contributed by atoms with Crippen LogP contribution in [0, 0.1) is 5.92 Å². The van der Waals surface area contributed by atoms with Crippen LogP contribution in [0.5, 0.6) is 0 Å². The quantitative estimate of drug-likeness (QED) is 0.0785. The number of esters is 1. The Labute approximate surface area is 202 Å². The van der Waals surface area contributed by atoms with Crippen molar-refractivity contribution in [3.8, 4) is 0 Å². The fourth-order valence-electron chi connectivity index (χ4n) is 4.44. The van der Waals surface area contributed by atoms with Gasteiger partial charge in [-0.25, -0.2) is 0 Å². The summed E-state index contributed by atoms with van der Waals surface area (Å²) in [6.07, 6.45) is 32.7. The van der Waals surface area contributed by atoms with E-state index in [1.165, 1.54) is 116 Å². The van der Waals surface area contributed by atoms with Crippen LogP contribution in [0.3, 0.4) is 0 Å². The molecule has 0 aromatic carbocycles. The second-order valence-corrected chi connectivity index (χ2v) is 9.85. The minimum atomic E-state index is -0.0308. The van der Waals surface area contributed by atoms with Crippen LogP contribution in [0.4, 0.5) is 0 Å². The third-order valence-corrected chi connectivity index (χ3v) is 6.77. The molecule has 0 aliphatic rings. The molecule has 0 amide bonds. The molecule has 2 heteroatoms. The fraction of sp³-hybridized carbons (Fsp3) is 0.900. The Hall–Kier alpha value is -0.790. The van der Waals surface area contributed by atoms with Gasteiger partial charge in [0.25, 0.3) is 0 Å². The molecule has 0 spiro atoms. The standard InChI is InChI=1S/C30H58O2/c1-4-7-9-11-13-17-21-25-29(6-3)26-22-18-14-15-19-23-27-30(31)32-28-24-20-16-12-10-8-5-2/h20,24,29H,4-19,21-23,25-28H2,1-3H3/b24-20-. The lowest BCUT2D eigenvalue weighted by molar-refractivity contribution is -0.142. The molecule has 0 fully saturated rings. The van der Waals surface area contributed by atoms with Crippen molar-refractivity contribution in [2.24, 2.45) is 5.92 Å². The molecule has 1 unspecified atom stereocenters. The Morgan fingerprint density at radius 2 is 1.12 bits per heavy atom. The van der Waals surface area contributed by atoms with Gasteiger partial charge < -0.3 is 4.74 Å². The van der Waals surface area contributed by atoms with Crippen molar-refractivity contribution < 1.29 is 9.53 Å². The van der Waals surface area contributed by atoms with E-state index < -0.39 is 0 Å². The predicted octanol–water partition coefficient (Wildman–Crippen LogP) is 10.3. The average molecular weight is 451 g/mol. The summed E-state index contributed by atoms with van der Waals surface area (Å²) in [6, 6.07) is 0. The first-order chi connectivity index (χ1) is 15.7. The molecule has 0 heterocycles. The van der Waals surface area contributed by atoms with E-state index in [1.807, 2.05) is 6.08 Å². The van der Waals surface area contributed by atoms with Crippen molar-refractivity contribution in [2.75, 3.05) is 6.61 Å². The van der Waals surface area contributed by atoms with Gasteiger partial charge in [-0.1, -0.05) is 148 Å². The Morgan fingerprint density at radius 1 is 0.625 bits per heavy atom. The topological polar surface area (TPSA) is 26.3 Å². The lowest BCUT2D eigenvalue weighted by atomic mass is 9.92. The summed E-state index contributed by atoms with van der Waals surface area (Å²) in [5.41, 5.74) is 0. The number of unbranched alkanes of at least 4 members (excludes halogenated alkanes) is 15. The van der Waals surface area contributed by atoms with Crippen molar-refractivity contribution >= 4 is 5.97 Å². The van der Waals surface area contributed by atoms with Gasteiger partial charge in [-0.15, -0.1) is 0 Å². The third kappa shape index (κ3) is 23.9. The largest absolute Gasteiger partial charge is 0.461 e. The zero-order valence-electron chi connectivity index (χ0n) is 22.3. The summed E-state index contributed by atoms with van der Waals surface area (Å²) < 4.78 is 5.29. The summed E-state index contributed by atoms with van der Waals surface area (Å²) in [7, 11) is 0. The van der Waals surface area contributed by atoms with Crippen LogP contribution in [0.2, 0.25) is 0 Å². The van der Waals surface area contributed by atoms with Gasteiger partial charge in [0.1, 0.15) is 6.61 Å². The van der Waals surface area contributed by atoms with Crippen LogP contribution < -0.4 is 0 Å². The highest BCUT2D eigenvalue weighted by atomic mass is 16.5. The third-order valence-electron chi connectivity index (χ3n) is 6.77. The predicted molar refractivity (Wildman–Crippen MR) is 142 cm³/mol. The molecule has 1 atom stereocenters. The monoisotopic (exact) mass is 450 g/mol. The molecule has 0 N–H and O–H groups in total. The summed E-state index contributed by atoms with van der Waals surface area (Å²) >= 11 is 0. The molecule has 0 rings (SSSR count). The number of carbonyl (C=O) groups is 1. The first-order valence-electron chi connectivity index (χ1n) is 14.5. The fourth-order valence-corrected chi connectivity index (χ4v) is 4.44. The number of hydrogen-bond donors (Lipinski definition) is 0. The first kappa shape index (κ1) is 31.2. The summed E-state index contributed by atoms with van der Waals surface area (Å²) in [6.45, 7) is 7.34. The summed E-state index contributed by atoms with van der Waals surface area (Å²) in [5.74, 6) is 0.919. The number of rotatable bonds is 25. The van der Waals surface area contributed by atoms with Crippen molar-refractivity contribution in [3.05, 3.63) is 12.2 Å². The average Bonchev–Trinajstić information content (AvgIpc) is 2.80. The lowest BCUT2D eigenvalue weighted by Gasteiger charge is -2.14. The molecule has 2 nitrogen and oxygen atoms in total. The minimum Gasteiger partial charge on any atom is -0.461 e. The van der Waals surface area contributed by atoms with Crippen LogP contribution >= 0.6 is 0 Å². The van der Waals surface area contributed by atoms with Crippen molar-refractivity contribution in [2.45, 2.75) is 162 Å². The number of hydrogen-bond acceptors (Lipinski definition) is 2. The van der Waals surface area contributed by atoms with Gasteiger partial charge in [-0.2, -0.15) is 0 Å². The molecule has 32 heavy (non-hydrogen) atoms. The maximum atomic E-state index is 11.8. The van der Waals surface area contributed by atoms with E-state index in [-0.39, 0.29) is 5.97 Å². The van der Waals surface area contributed by atoms with Gasteiger partial charge in [-0.05, 0) is 25.2 Å². The first-order valence-corrected chi connectivity index (χ1v) is 14.5. The Bertz CT molecular complexity index is 402. The van der Waals surface area contributed by atoms with Gasteiger partial charge in [0.2, 0.25) is 0 Å². The van der Waals surface area contributed by atoms with Crippen LogP contribution in [0.15, 0.2) is 12.2 Å². The molecule has 0 aliphatic carbocycles.